The van der Waals surface area contributed by atoms with Gasteiger partial charge in [-0.2, -0.15) is 38.2 Å². The maximum Gasteiger partial charge on any atom is 0.425 e. The second-order valence-corrected chi connectivity index (χ2v) is 30.7. The van der Waals surface area contributed by atoms with E-state index in [0.717, 1.165) is 41.3 Å². The first-order valence-electron chi connectivity index (χ1n) is 26.7. The van der Waals surface area contributed by atoms with E-state index >= 15 is 0 Å². The highest BCUT2D eigenvalue weighted by Gasteiger charge is 2.46. The van der Waals surface area contributed by atoms with E-state index < -0.39 is 104 Å². The summed E-state index contributed by atoms with van der Waals surface area (Å²) in [6, 6.07) is 19.0. The van der Waals surface area contributed by atoms with E-state index in [1.807, 2.05) is 39.0 Å². The van der Waals surface area contributed by atoms with Crippen LogP contribution in [0, 0.1) is 0 Å². The van der Waals surface area contributed by atoms with Gasteiger partial charge in [-0.3, -0.25) is 37.8 Å². The van der Waals surface area contributed by atoms with E-state index in [2.05, 4.69) is 25.1 Å². The largest absolute Gasteiger partial charge is 0.425 e. The second kappa shape index (κ2) is 25.9. The number of carbonyl (C=O) groups excluding carboxylic acids is 2. The first-order chi connectivity index (χ1) is 41.8. The minimum absolute atomic E-state index is 0.0222. The SMILES string of the molecule is CCCC[N+]1=C(/C=C/C(=C/C=C2/N(CCCS(=O)(=O)O)c3ccc4c(S(=O)(=O)O)cc(S(=O)(=O)O)cc4c3C2(C)C)c2ccc(C(=O)NCc3ccc(C(=O)Cc4nnc(S(N)(=O)=O)s4)cn3)cn2)C(C)(C)c2c1ccc1ccc(S(=O)(=O)O)cc21.O=S(=O)=O. The van der Waals surface area contributed by atoms with Crippen molar-refractivity contribution in [3.05, 3.63) is 160 Å². The molecule has 0 spiro atoms. The molecule has 0 aliphatic carbocycles. The molecule has 0 bridgehead atoms. The summed E-state index contributed by atoms with van der Waals surface area (Å²) in [5, 5.41) is 16.5. The van der Waals surface area contributed by atoms with Crippen molar-refractivity contribution in [2.75, 3.05) is 23.7 Å². The number of fused-ring (bicyclic) bond motifs is 6. The van der Waals surface area contributed by atoms with Crippen molar-refractivity contribution in [3.8, 4) is 0 Å². The highest BCUT2D eigenvalue weighted by molar-refractivity contribution is 7.91. The van der Waals surface area contributed by atoms with Crippen molar-refractivity contribution in [2.24, 2.45) is 5.14 Å². The lowest BCUT2D eigenvalue weighted by atomic mass is 9.79. The van der Waals surface area contributed by atoms with Gasteiger partial charge < -0.3 is 10.2 Å². The molecule has 7 N–H and O–H groups in total. The molecular weight excluding hydrogens is 1310 g/mol. The number of sulfonamides is 1. The summed E-state index contributed by atoms with van der Waals surface area (Å²) in [6.07, 6.45) is 11.0. The number of aromatic nitrogens is 4. The van der Waals surface area contributed by atoms with Gasteiger partial charge in [0.2, 0.25) is 10.0 Å². The number of hydrogen-bond donors (Lipinski definition) is 6. The molecule has 2 aliphatic rings. The molecule has 90 heavy (non-hydrogen) atoms. The Bertz CT molecular complexity index is 4950. The molecule has 1 amide bonds. The lowest BCUT2D eigenvalue weighted by Gasteiger charge is -2.27. The zero-order valence-electron chi connectivity index (χ0n) is 48.2. The molecule has 3 aromatic heterocycles. The molecule has 476 valence electrons. The monoisotopic (exact) mass is 1370 g/mol. The van der Waals surface area contributed by atoms with Gasteiger partial charge in [0.05, 0.1) is 50.9 Å². The molecule has 2 aliphatic heterocycles. The molecule has 27 nitrogen and oxygen atoms in total. The fourth-order valence-corrected chi connectivity index (χ4v) is 14.6. The summed E-state index contributed by atoms with van der Waals surface area (Å²) in [4.78, 5) is 35.5. The number of nitrogens with zero attached hydrogens (tertiary/aromatic N) is 6. The summed E-state index contributed by atoms with van der Waals surface area (Å²) >= 11 is 0.671. The van der Waals surface area contributed by atoms with Crippen LogP contribution in [0.5, 0.6) is 0 Å². The molecule has 0 radical (unpaired) electrons. The van der Waals surface area contributed by atoms with Crippen LogP contribution in [0.15, 0.2) is 140 Å². The third-order valence-corrected chi connectivity index (χ3v) is 20.5. The Morgan fingerprint density at radius 3 is 1.98 bits per heavy atom. The average Bonchev–Trinajstić information content (AvgIpc) is 1.53. The molecule has 0 unspecified atom stereocenters. The van der Waals surface area contributed by atoms with E-state index in [-0.39, 0.29) is 57.7 Å². The van der Waals surface area contributed by atoms with Gasteiger partial charge in [-0.1, -0.05) is 56.7 Å². The summed E-state index contributed by atoms with van der Waals surface area (Å²) in [6.45, 7) is 9.95. The number of primary sulfonamides is 1. The van der Waals surface area contributed by atoms with Gasteiger partial charge in [-0.05, 0) is 115 Å². The number of amides is 1. The van der Waals surface area contributed by atoms with Crippen LogP contribution < -0.4 is 15.4 Å². The van der Waals surface area contributed by atoms with Crippen LogP contribution in [0.25, 0.3) is 27.1 Å². The summed E-state index contributed by atoms with van der Waals surface area (Å²) in [5.74, 6) is -1.61. The van der Waals surface area contributed by atoms with Gasteiger partial charge >= 0.3 is 10.6 Å². The molecule has 5 heterocycles. The number of ketones is 1. The van der Waals surface area contributed by atoms with Crippen LogP contribution >= 0.6 is 11.3 Å². The zero-order chi connectivity index (χ0) is 66.3. The Kier molecular flexibility index (Phi) is 19.6. The number of unbranched alkanes of at least 4 members (excludes halogenated alkanes) is 1. The molecule has 4 aromatic carbocycles. The molecule has 0 saturated heterocycles. The Morgan fingerprint density at radius 2 is 1.39 bits per heavy atom. The third kappa shape index (κ3) is 15.2. The quantitative estimate of drug-likeness (QED) is 0.0203. The first-order valence-corrected chi connectivity index (χ1v) is 36.0. The number of hydrogen-bond acceptors (Lipinski definition) is 21. The van der Waals surface area contributed by atoms with E-state index in [9.17, 15) is 69.9 Å². The smallest absolute Gasteiger partial charge is 0.346 e. The number of benzene rings is 4. The number of pyridine rings is 2. The van der Waals surface area contributed by atoms with Crippen molar-refractivity contribution >= 4 is 128 Å². The highest BCUT2D eigenvalue weighted by Crippen LogP contribution is 2.52. The molecule has 0 fully saturated rings. The number of carbonyl (C=O) groups is 2. The van der Waals surface area contributed by atoms with Crippen LogP contribution in [-0.4, -0.2) is 134 Å². The second-order valence-electron chi connectivity index (χ2n) is 21.6. The van der Waals surface area contributed by atoms with Gasteiger partial charge in [0.25, 0.3) is 56.4 Å². The van der Waals surface area contributed by atoms with E-state index in [4.69, 9.17) is 22.7 Å². The van der Waals surface area contributed by atoms with Crippen LogP contribution in [-0.2, 0) is 84.9 Å². The van der Waals surface area contributed by atoms with Crippen LogP contribution in [0.1, 0.15) is 102 Å². The fourth-order valence-electron chi connectivity index (χ4n) is 10.8. The number of rotatable bonds is 21. The third-order valence-electron chi connectivity index (χ3n) is 14.8. The molecule has 9 rings (SSSR count). The fraction of sp³-hybridized carbons (Fsp3) is 0.268. The first kappa shape index (κ1) is 68.2. The molecular formula is C56H57N8O19S7+. The predicted molar refractivity (Wildman–Crippen MR) is 330 cm³/mol. The number of nitrogens with one attached hydrogen (secondary N) is 1. The predicted octanol–water partition coefficient (Wildman–Crippen LogP) is 6.15. The van der Waals surface area contributed by atoms with Crippen molar-refractivity contribution in [2.45, 2.75) is 96.7 Å². The lowest BCUT2D eigenvalue weighted by molar-refractivity contribution is -0.438. The summed E-state index contributed by atoms with van der Waals surface area (Å²) in [5.41, 5.74) is 3.03. The Hall–Kier alpha value is -7.74. The van der Waals surface area contributed by atoms with Gasteiger partial charge in [-0.25, -0.2) is 13.6 Å². The number of nitrogens with two attached hydrogens (primary N) is 1. The topological polar surface area (TPSA) is 433 Å². The zero-order valence-corrected chi connectivity index (χ0v) is 53.9. The number of anilines is 1. The summed E-state index contributed by atoms with van der Waals surface area (Å²) < 4.78 is 191. The maximum absolute atomic E-state index is 13.7. The molecule has 0 atom stereocenters. The van der Waals surface area contributed by atoms with Crippen molar-refractivity contribution in [3.63, 3.8) is 0 Å². The molecule has 7 aromatic rings. The van der Waals surface area contributed by atoms with E-state index in [1.165, 1.54) is 54.9 Å². The number of Topliss-reactive ketones (excluding diaryl/α,β-unsaturated/α-hetero) is 1. The standard InChI is InChI=1S/C56H56N8O16S6.O3S/c1-6-7-23-63-44-19-12-33-10-16-38(84(72,73)74)26-41(33)51(44)55(2,3)48(63)21-13-34(43-18-11-36(31-59-43)53(66)60-32-37-15-9-35(30-58-37)46(65)29-50-61-62-54(81-50)83(57,70)71)14-22-49-56(4,5)52-42-27-39(85(75,76)77)28-47(86(78,79)80)40(42)17-20-45(52)64(49)24-8-25-82(67,68)69;1-4(2)3/h9-22,26-28,30-31H,6-8,23-25,29,32H2,1-5H3,(H6-,57,60,66,67,68,69,70,71,72,73,74,75,76,77,78,79,80);/p+1. The van der Waals surface area contributed by atoms with Crippen molar-refractivity contribution in [1.82, 2.24) is 25.5 Å². The van der Waals surface area contributed by atoms with Gasteiger partial charge in [0.15, 0.2) is 11.5 Å². The minimum Gasteiger partial charge on any atom is -0.346 e. The van der Waals surface area contributed by atoms with E-state index in [0.29, 0.717) is 63.2 Å². The van der Waals surface area contributed by atoms with Crippen LogP contribution in [0.2, 0.25) is 0 Å². The van der Waals surface area contributed by atoms with Gasteiger partial charge in [0, 0.05) is 76.4 Å². The van der Waals surface area contributed by atoms with Crippen LogP contribution in [0.3, 0.4) is 0 Å². The highest BCUT2D eigenvalue weighted by atomic mass is 32.3. The Labute approximate surface area is 522 Å². The van der Waals surface area contributed by atoms with Gasteiger partial charge in [0.1, 0.15) is 16.4 Å². The molecule has 0 saturated carbocycles. The average molecular weight is 1370 g/mol. The summed E-state index contributed by atoms with van der Waals surface area (Å²) in [7, 11) is -26.4. The lowest BCUT2D eigenvalue weighted by Crippen LogP contribution is -2.28. The van der Waals surface area contributed by atoms with Crippen LogP contribution in [0.4, 0.5) is 11.4 Å². The van der Waals surface area contributed by atoms with Gasteiger partial charge in [-0.15, -0.1) is 22.8 Å². The van der Waals surface area contributed by atoms with Crippen molar-refractivity contribution in [1.29, 1.82) is 0 Å². The Morgan fingerprint density at radius 1 is 0.733 bits per heavy atom. The van der Waals surface area contributed by atoms with Crippen molar-refractivity contribution < 1.29 is 87.1 Å². The normalized spacial score (nSPS) is 15.5. The number of allylic oxidation sites excluding steroid dienone is 6. The maximum atomic E-state index is 13.7. The Balaban J connectivity index is 0.00000254. The molecule has 34 heteroatoms. The van der Waals surface area contributed by atoms with E-state index in [1.54, 1.807) is 49.1 Å². The minimum atomic E-state index is -5.10.